The van der Waals surface area contributed by atoms with Gasteiger partial charge in [0.1, 0.15) is 5.82 Å². The maximum absolute atomic E-state index is 12.6. The first-order valence-corrected chi connectivity index (χ1v) is 10.3. The van der Waals surface area contributed by atoms with Crippen molar-refractivity contribution in [2.24, 2.45) is 5.92 Å². The Morgan fingerprint density at radius 1 is 1.19 bits per heavy atom. The molecule has 2 fully saturated rings. The number of hydrogen-bond acceptors (Lipinski definition) is 3. The lowest BCUT2D eigenvalue weighted by Gasteiger charge is -2.15. The third-order valence-corrected chi connectivity index (χ3v) is 5.98. The first-order valence-electron chi connectivity index (χ1n) is 10.3. The highest BCUT2D eigenvalue weighted by Gasteiger charge is 2.22. The van der Waals surface area contributed by atoms with Crippen molar-refractivity contribution in [3.05, 3.63) is 47.2 Å². The summed E-state index contributed by atoms with van der Waals surface area (Å²) in [5, 5.41) is 11.0. The molecule has 1 aliphatic carbocycles. The van der Waals surface area contributed by atoms with Gasteiger partial charge in [0.2, 0.25) is 5.91 Å². The zero-order valence-electron chi connectivity index (χ0n) is 16.2. The van der Waals surface area contributed by atoms with Gasteiger partial charge < -0.3 is 10.6 Å². The third kappa shape index (κ3) is 4.41. The molecule has 0 bridgehead atoms. The number of aromatic nitrogens is 2. The number of amides is 1. The van der Waals surface area contributed by atoms with E-state index < -0.39 is 0 Å². The van der Waals surface area contributed by atoms with Crippen LogP contribution in [0, 0.1) is 12.8 Å². The Labute approximate surface area is 161 Å². The second kappa shape index (κ2) is 8.26. The largest absolute Gasteiger partial charge is 0.316 e. The zero-order valence-corrected chi connectivity index (χ0v) is 16.2. The molecule has 2 aromatic rings. The second-order valence-electron chi connectivity index (χ2n) is 8.16. The molecule has 1 aromatic carbocycles. The third-order valence-electron chi connectivity index (χ3n) is 5.98. The molecule has 144 valence electrons. The van der Waals surface area contributed by atoms with Crippen LogP contribution in [0.15, 0.2) is 30.5 Å². The monoisotopic (exact) mass is 366 g/mol. The van der Waals surface area contributed by atoms with Gasteiger partial charge in [-0.1, -0.05) is 37.1 Å². The first-order chi connectivity index (χ1) is 13.2. The molecule has 1 atom stereocenters. The maximum atomic E-state index is 12.6. The highest BCUT2D eigenvalue weighted by Crippen LogP contribution is 2.32. The van der Waals surface area contributed by atoms with E-state index in [0.29, 0.717) is 12.5 Å². The number of carbonyl (C=O) groups excluding carboxylic acids is 1. The average molecular weight is 367 g/mol. The molecule has 5 nitrogen and oxygen atoms in total. The first kappa shape index (κ1) is 18.2. The molecular formula is C22H30N4O. The Hall–Kier alpha value is -2.14. The summed E-state index contributed by atoms with van der Waals surface area (Å²) in [5.41, 5.74) is 3.46. The summed E-state index contributed by atoms with van der Waals surface area (Å²) in [6.07, 6.45) is 9.46. The van der Waals surface area contributed by atoms with Crippen molar-refractivity contribution < 1.29 is 4.79 Å². The number of carbonyl (C=O) groups is 1. The molecule has 5 heteroatoms. The summed E-state index contributed by atoms with van der Waals surface area (Å²) in [6, 6.07) is 8.97. The molecular weight excluding hydrogens is 336 g/mol. The van der Waals surface area contributed by atoms with Crippen LogP contribution in [-0.4, -0.2) is 28.8 Å². The van der Waals surface area contributed by atoms with Gasteiger partial charge in [-0.05, 0) is 62.7 Å². The predicted molar refractivity (Wildman–Crippen MR) is 108 cm³/mol. The Kier molecular flexibility index (Phi) is 5.58. The van der Waals surface area contributed by atoms with E-state index in [9.17, 15) is 4.79 Å². The highest BCUT2D eigenvalue weighted by molar-refractivity contribution is 5.92. The van der Waals surface area contributed by atoms with E-state index >= 15 is 0 Å². The minimum absolute atomic E-state index is 0.0330. The lowest BCUT2D eigenvalue weighted by Crippen LogP contribution is -2.19. The van der Waals surface area contributed by atoms with Crippen molar-refractivity contribution in [3.63, 3.8) is 0 Å². The Bertz CT molecular complexity index is 768. The zero-order chi connectivity index (χ0) is 18.6. The summed E-state index contributed by atoms with van der Waals surface area (Å²) in [6.45, 7) is 4.28. The second-order valence-corrected chi connectivity index (χ2v) is 8.16. The van der Waals surface area contributed by atoms with E-state index in [0.717, 1.165) is 55.2 Å². The van der Waals surface area contributed by atoms with E-state index in [-0.39, 0.29) is 5.91 Å². The molecule has 1 saturated carbocycles. The minimum atomic E-state index is 0.0330. The SMILES string of the molecule is Cc1cnn(C2CCCC2)c1NC(=O)Cc1ccc(CC2CCNC2)cc1. The maximum Gasteiger partial charge on any atom is 0.229 e. The summed E-state index contributed by atoms with van der Waals surface area (Å²) in [5.74, 6) is 1.65. The van der Waals surface area contributed by atoms with Gasteiger partial charge in [-0.3, -0.25) is 4.79 Å². The molecule has 1 aromatic heterocycles. The lowest BCUT2D eigenvalue weighted by atomic mass is 9.97. The van der Waals surface area contributed by atoms with Crippen molar-refractivity contribution in [3.8, 4) is 0 Å². The normalized spacial score (nSPS) is 20.3. The molecule has 2 aliphatic rings. The van der Waals surface area contributed by atoms with Crippen molar-refractivity contribution in [1.29, 1.82) is 0 Å². The number of nitrogens with one attached hydrogen (secondary N) is 2. The van der Waals surface area contributed by atoms with E-state index in [1.54, 1.807) is 0 Å². The number of nitrogens with zero attached hydrogens (tertiary/aromatic N) is 2. The van der Waals surface area contributed by atoms with Gasteiger partial charge in [0.15, 0.2) is 0 Å². The fourth-order valence-electron chi connectivity index (χ4n) is 4.41. The summed E-state index contributed by atoms with van der Waals surface area (Å²) >= 11 is 0. The number of anilines is 1. The van der Waals surface area contributed by atoms with Crippen molar-refractivity contribution in [2.45, 2.75) is 57.9 Å². The molecule has 2 heterocycles. The van der Waals surface area contributed by atoms with Crippen LogP contribution in [0.25, 0.3) is 0 Å². The fraction of sp³-hybridized carbons (Fsp3) is 0.545. The number of hydrogen-bond donors (Lipinski definition) is 2. The van der Waals surface area contributed by atoms with Gasteiger partial charge in [-0.25, -0.2) is 4.68 Å². The van der Waals surface area contributed by atoms with Gasteiger partial charge in [0.05, 0.1) is 18.7 Å². The van der Waals surface area contributed by atoms with E-state index in [4.69, 9.17) is 0 Å². The Morgan fingerprint density at radius 3 is 2.63 bits per heavy atom. The van der Waals surface area contributed by atoms with Gasteiger partial charge >= 0.3 is 0 Å². The molecule has 4 rings (SSSR count). The van der Waals surface area contributed by atoms with Crippen LogP contribution in [0.1, 0.15) is 54.8 Å². The van der Waals surface area contributed by atoms with E-state index in [2.05, 4.69) is 40.0 Å². The summed E-state index contributed by atoms with van der Waals surface area (Å²) in [4.78, 5) is 12.6. The summed E-state index contributed by atoms with van der Waals surface area (Å²) < 4.78 is 2.03. The fourth-order valence-corrected chi connectivity index (χ4v) is 4.41. The molecule has 1 saturated heterocycles. The van der Waals surface area contributed by atoms with Crippen molar-refractivity contribution in [1.82, 2.24) is 15.1 Å². The number of benzene rings is 1. The summed E-state index contributed by atoms with van der Waals surface area (Å²) in [7, 11) is 0. The topological polar surface area (TPSA) is 59.0 Å². The standard InChI is InChI=1S/C22H30N4O/c1-16-14-24-26(20-4-2-3-5-20)22(16)25-21(27)13-18-8-6-17(7-9-18)12-19-10-11-23-15-19/h6-9,14,19-20,23H,2-5,10-13,15H2,1H3,(H,25,27). The van der Waals surface area contributed by atoms with Crippen LogP contribution in [0.4, 0.5) is 5.82 Å². The van der Waals surface area contributed by atoms with Crippen molar-refractivity contribution >= 4 is 11.7 Å². The molecule has 0 radical (unpaired) electrons. The van der Waals surface area contributed by atoms with Crippen LogP contribution in [0.5, 0.6) is 0 Å². The number of aryl methyl sites for hydroxylation is 1. The van der Waals surface area contributed by atoms with Gasteiger partial charge in [0, 0.05) is 5.56 Å². The lowest BCUT2D eigenvalue weighted by molar-refractivity contribution is -0.115. The smallest absolute Gasteiger partial charge is 0.229 e. The van der Waals surface area contributed by atoms with Crippen LogP contribution in [-0.2, 0) is 17.6 Å². The average Bonchev–Trinajstić information content (AvgIpc) is 3.41. The van der Waals surface area contributed by atoms with Crippen LogP contribution < -0.4 is 10.6 Å². The van der Waals surface area contributed by atoms with Gasteiger partial charge in [-0.2, -0.15) is 5.10 Å². The number of rotatable bonds is 6. The van der Waals surface area contributed by atoms with Gasteiger partial charge in [0.25, 0.3) is 0 Å². The molecule has 2 N–H and O–H groups in total. The molecule has 1 amide bonds. The van der Waals surface area contributed by atoms with Crippen molar-refractivity contribution in [2.75, 3.05) is 18.4 Å². The highest BCUT2D eigenvalue weighted by atomic mass is 16.1. The minimum Gasteiger partial charge on any atom is -0.316 e. The Morgan fingerprint density at radius 2 is 1.93 bits per heavy atom. The molecule has 1 unspecified atom stereocenters. The van der Waals surface area contributed by atoms with Crippen LogP contribution in [0.2, 0.25) is 0 Å². The van der Waals surface area contributed by atoms with E-state index in [1.165, 1.54) is 24.8 Å². The quantitative estimate of drug-likeness (QED) is 0.821. The van der Waals surface area contributed by atoms with E-state index in [1.807, 2.05) is 17.8 Å². The van der Waals surface area contributed by atoms with Crippen LogP contribution in [0.3, 0.4) is 0 Å². The molecule has 0 spiro atoms. The molecule has 1 aliphatic heterocycles. The van der Waals surface area contributed by atoms with Gasteiger partial charge in [-0.15, -0.1) is 0 Å². The van der Waals surface area contributed by atoms with Crippen LogP contribution >= 0.6 is 0 Å². The predicted octanol–water partition coefficient (Wildman–Crippen LogP) is 3.64. The Balaban J connectivity index is 1.36. The molecule has 27 heavy (non-hydrogen) atoms.